The van der Waals surface area contributed by atoms with Crippen molar-refractivity contribution in [3.05, 3.63) is 23.1 Å². The van der Waals surface area contributed by atoms with Crippen LogP contribution in [0.3, 0.4) is 0 Å². The summed E-state index contributed by atoms with van der Waals surface area (Å²) in [6, 6.07) is 0. The van der Waals surface area contributed by atoms with Crippen LogP contribution in [0.4, 0.5) is 5.69 Å². The topological polar surface area (TPSA) is 56.2 Å². The average Bonchev–Trinajstić information content (AvgIpc) is 2.86. The van der Waals surface area contributed by atoms with Crippen LogP contribution in [0.5, 0.6) is 0 Å². The zero-order valence-corrected chi connectivity index (χ0v) is 9.61. The van der Waals surface area contributed by atoms with E-state index in [1.54, 1.807) is 16.9 Å². The van der Waals surface area contributed by atoms with E-state index < -0.39 is 0 Å². The molecule has 2 N–H and O–H groups in total. The Bertz CT molecular complexity index is 528. The van der Waals surface area contributed by atoms with Gasteiger partial charge in [-0.1, -0.05) is 24.4 Å². The molecular weight excluding hydrogens is 224 g/mol. The van der Waals surface area contributed by atoms with Gasteiger partial charge in [-0.3, -0.25) is 0 Å². The van der Waals surface area contributed by atoms with Crippen molar-refractivity contribution in [1.82, 2.24) is 14.6 Å². The second kappa shape index (κ2) is 3.63. The van der Waals surface area contributed by atoms with E-state index in [0.29, 0.717) is 22.3 Å². The summed E-state index contributed by atoms with van der Waals surface area (Å²) < 4.78 is 1.69. The minimum Gasteiger partial charge on any atom is -0.394 e. The molecule has 1 aliphatic rings. The second-order valence-electron chi connectivity index (χ2n) is 4.32. The number of rotatable bonds is 1. The smallest absolute Gasteiger partial charge is 0.178 e. The number of anilines is 1. The highest BCUT2D eigenvalue weighted by atomic mass is 35.5. The zero-order chi connectivity index (χ0) is 11.1. The molecule has 4 nitrogen and oxygen atoms in total. The van der Waals surface area contributed by atoms with E-state index in [1.165, 1.54) is 25.7 Å². The van der Waals surface area contributed by atoms with Gasteiger partial charge in [0.05, 0.1) is 16.9 Å². The molecule has 0 spiro atoms. The minimum absolute atomic E-state index is 0.500. The predicted octanol–water partition coefficient (Wildman–Crippen LogP) is 2.62. The number of nitrogens with two attached hydrogens (primary N) is 1. The molecule has 0 saturated heterocycles. The summed E-state index contributed by atoms with van der Waals surface area (Å²) in [5, 5.41) is 5.08. The lowest BCUT2D eigenvalue weighted by Gasteiger charge is -2.04. The molecule has 2 aromatic heterocycles. The first kappa shape index (κ1) is 9.90. The Morgan fingerprint density at radius 1 is 1.38 bits per heavy atom. The maximum atomic E-state index is 6.08. The lowest BCUT2D eigenvalue weighted by atomic mass is 10.0. The van der Waals surface area contributed by atoms with Crippen LogP contribution in [-0.4, -0.2) is 14.6 Å². The van der Waals surface area contributed by atoms with Crippen LogP contribution in [0.25, 0.3) is 5.65 Å². The normalized spacial score (nSPS) is 17.3. The highest BCUT2D eigenvalue weighted by Gasteiger charge is 2.23. The van der Waals surface area contributed by atoms with Crippen LogP contribution >= 0.6 is 11.6 Å². The van der Waals surface area contributed by atoms with Gasteiger partial charge >= 0.3 is 0 Å². The predicted molar refractivity (Wildman–Crippen MR) is 63.6 cm³/mol. The van der Waals surface area contributed by atoms with Gasteiger partial charge in [0.1, 0.15) is 5.69 Å². The summed E-state index contributed by atoms with van der Waals surface area (Å²) in [5.41, 5.74) is 8.50. The highest BCUT2D eigenvalue weighted by Crippen LogP contribution is 2.37. The number of hydrogen-bond acceptors (Lipinski definition) is 3. The van der Waals surface area contributed by atoms with Gasteiger partial charge < -0.3 is 5.73 Å². The first-order chi connectivity index (χ1) is 7.75. The molecule has 0 bridgehead atoms. The molecule has 5 heteroatoms. The Morgan fingerprint density at radius 2 is 2.12 bits per heavy atom. The number of fused-ring (bicyclic) bond motifs is 1. The SMILES string of the molecule is Nc1c(C2CCCC2)nn2cc(Cl)cnc12. The van der Waals surface area contributed by atoms with E-state index >= 15 is 0 Å². The highest BCUT2D eigenvalue weighted by molar-refractivity contribution is 6.30. The van der Waals surface area contributed by atoms with Crippen LogP contribution in [0.15, 0.2) is 12.4 Å². The standard InChI is InChI=1S/C11H13ClN4/c12-8-5-14-11-9(13)10(15-16(11)6-8)7-3-1-2-4-7/h5-7H,1-4,13H2. The van der Waals surface area contributed by atoms with Crippen molar-refractivity contribution in [3.63, 3.8) is 0 Å². The van der Waals surface area contributed by atoms with Crippen LogP contribution < -0.4 is 5.73 Å². The molecule has 2 heterocycles. The van der Waals surface area contributed by atoms with Crippen molar-refractivity contribution in [2.75, 3.05) is 5.73 Å². The molecule has 0 amide bonds. The van der Waals surface area contributed by atoms with Gasteiger partial charge in [-0.2, -0.15) is 5.10 Å². The molecule has 0 aliphatic heterocycles. The molecule has 1 aliphatic carbocycles. The van der Waals surface area contributed by atoms with Crippen LogP contribution in [-0.2, 0) is 0 Å². The third kappa shape index (κ3) is 1.45. The molecule has 0 aromatic carbocycles. The minimum atomic E-state index is 0.500. The third-order valence-corrected chi connectivity index (χ3v) is 3.44. The fourth-order valence-electron chi connectivity index (χ4n) is 2.45. The Hall–Kier alpha value is -1.29. The van der Waals surface area contributed by atoms with Gasteiger partial charge in [0, 0.05) is 12.1 Å². The molecular formula is C11H13ClN4. The summed E-state index contributed by atoms with van der Waals surface area (Å²) in [7, 11) is 0. The molecule has 3 rings (SSSR count). The van der Waals surface area contributed by atoms with E-state index in [-0.39, 0.29) is 0 Å². The van der Waals surface area contributed by atoms with Crippen molar-refractivity contribution in [3.8, 4) is 0 Å². The van der Waals surface area contributed by atoms with Gasteiger partial charge in [-0.05, 0) is 12.8 Å². The van der Waals surface area contributed by atoms with Crippen molar-refractivity contribution < 1.29 is 0 Å². The van der Waals surface area contributed by atoms with E-state index in [4.69, 9.17) is 17.3 Å². The fraction of sp³-hybridized carbons (Fsp3) is 0.455. The van der Waals surface area contributed by atoms with Crippen molar-refractivity contribution in [2.24, 2.45) is 0 Å². The number of aromatic nitrogens is 3. The van der Waals surface area contributed by atoms with Gasteiger partial charge in [-0.25, -0.2) is 9.50 Å². The summed E-state index contributed by atoms with van der Waals surface area (Å²) >= 11 is 5.88. The third-order valence-electron chi connectivity index (χ3n) is 3.25. The van der Waals surface area contributed by atoms with E-state index in [1.807, 2.05) is 0 Å². The van der Waals surface area contributed by atoms with Gasteiger partial charge in [0.2, 0.25) is 0 Å². The molecule has 0 atom stereocenters. The average molecular weight is 237 g/mol. The first-order valence-corrected chi connectivity index (χ1v) is 5.93. The fourth-order valence-corrected chi connectivity index (χ4v) is 2.59. The molecule has 2 aromatic rings. The lowest BCUT2D eigenvalue weighted by molar-refractivity contribution is 0.686. The number of nitrogens with zero attached hydrogens (tertiary/aromatic N) is 3. The number of hydrogen-bond donors (Lipinski definition) is 1. The quantitative estimate of drug-likeness (QED) is 0.828. The summed E-state index contributed by atoms with van der Waals surface area (Å²) in [6.07, 6.45) is 8.26. The summed E-state index contributed by atoms with van der Waals surface area (Å²) in [4.78, 5) is 4.22. The van der Waals surface area contributed by atoms with E-state index in [0.717, 1.165) is 5.69 Å². The number of halogens is 1. The Balaban J connectivity index is 2.14. The molecule has 84 valence electrons. The van der Waals surface area contributed by atoms with E-state index in [2.05, 4.69) is 10.1 Å². The van der Waals surface area contributed by atoms with Gasteiger partial charge in [0.15, 0.2) is 5.65 Å². The molecule has 0 unspecified atom stereocenters. The molecule has 1 saturated carbocycles. The van der Waals surface area contributed by atoms with E-state index in [9.17, 15) is 0 Å². The number of nitrogen functional groups attached to an aromatic ring is 1. The van der Waals surface area contributed by atoms with Gasteiger partial charge in [-0.15, -0.1) is 0 Å². The zero-order valence-electron chi connectivity index (χ0n) is 8.86. The second-order valence-corrected chi connectivity index (χ2v) is 4.76. The van der Waals surface area contributed by atoms with Crippen molar-refractivity contribution in [1.29, 1.82) is 0 Å². The lowest BCUT2D eigenvalue weighted by Crippen LogP contribution is -1.97. The van der Waals surface area contributed by atoms with Crippen molar-refractivity contribution in [2.45, 2.75) is 31.6 Å². The van der Waals surface area contributed by atoms with Crippen LogP contribution in [0.1, 0.15) is 37.3 Å². The first-order valence-electron chi connectivity index (χ1n) is 5.55. The van der Waals surface area contributed by atoms with Crippen LogP contribution in [0, 0.1) is 0 Å². The maximum Gasteiger partial charge on any atom is 0.178 e. The van der Waals surface area contributed by atoms with Crippen LogP contribution in [0.2, 0.25) is 5.02 Å². The van der Waals surface area contributed by atoms with Crippen molar-refractivity contribution >= 4 is 22.9 Å². The maximum absolute atomic E-state index is 6.08. The Kier molecular flexibility index (Phi) is 2.24. The monoisotopic (exact) mass is 236 g/mol. The Morgan fingerprint density at radius 3 is 2.88 bits per heavy atom. The Labute approximate surface area is 98.4 Å². The molecule has 0 radical (unpaired) electrons. The summed E-state index contributed by atoms with van der Waals surface area (Å²) in [5.74, 6) is 0.500. The van der Waals surface area contributed by atoms with Gasteiger partial charge in [0.25, 0.3) is 0 Å². The summed E-state index contributed by atoms with van der Waals surface area (Å²) in [6.45, 7) is 0. The molecule has 1 fully saturated rings. The molecule has 16 heavy (non-hydrogen) atoms. The largest absolute Gasteiger partial charge is 0.394 e.